The summed E-state index contributed by atoms with van der Waals surface area (Å²) in [5.41, 5.74) is 1.49. The molecule has 0 aromatic heterocycles. The lowest BCUT2D eigenvalue weighted by atomic mass is 10.0. The zero-order chi connectivity index (χ0) is 32.7. The van der Waals surface area contributed by atoms with E-state index in [1.165, 1.54) is 29.2 Å². The Bertz CT molecular complexity index is 1770. The number of nitrogens with one attached hydrogen (secondary N) is 1. The molecule has 0 bridgehead atoms. The van der Waals surface area contributed by atoms with Crippen molar-refractivity contribution in [2.45, 2.75) is 55.6 Å². The van der Waals surface area contributed by atoms with E-state index in [-0.39, 0.29) is 40.5 Å². The van der Waals surface area contributed by atoms with Gasteiger partial charge in [0.1, 0.15) is 18.4 Å². The van der Waals surface area contributed by atoms with Crippen LogP contribution in [-0.4, -0.2) is 43.8 Å². The summed E-state index contributed by atoms with van der Waals surface area (Å²) in [6.07, 6.45) is 3.90. The van der Waals surface area contributed by atoms with Crippen molar-refractivity contribution < 1.29 is 22.4 Å². The minimum atomic E-state index is -4.33. The van der Waals surface area contributed by atoms with Crippen LogP contribution in [0.25, 0.3) is 0 Å². The van der Waals surface area contributed by atoms with Gasteiger partial charge in [0.05, 0.1) is 15.6 Å². The molecule has 0 saturated heterocycles. The van der Waals surface area contributed by atoms with Crippen molar-refractivity contribution in [3.63, 3.8) is 0 Å². The van der Waals surface area contributed by atoms with E-state index in [4.69, 9.17) is 23.2 Å². The molecule has 0 aliphatic heterocycles. The van der Waals surface area contributed by atoms with Gasteiger partial charge in [-0.25, -0.2) is 12.8 Å². The van der Waals surface area contributed by atoms with Crippen molar-refractivity contribution in [1.82, 2.24) is 10.2 Å². The Morgan fingerprint density at radius 2 is 1.50 bits per heavy atom. The second-order valence-electron chi connectivity index (χ2n) is 11.3. The molecule has 1 N–H and O–H groups in total. The summed E-state index contributed by atoms with van der Waals surface area (Å²) in [5.74, 6) is -1.70. The van der Waals surface area contributed by atoms with Gasteiger partial charge in [-0.15, -0.1) is 0 Å². The molecule has 1 aliphatic rings. The van der Waals surface area contributed by atoms with Gasteiger partial charge in [0, 0.05) is 24.0 Å². The Labute approximate surface area is 279 Å². The Morgan fingerprint density at radius 3 is 2.15 bits per heavy atom. The number of anilines is 1. The standard InChI is InChI=1S/C35H34Cl2FN3O4S/c36-27-13-9-12-26(20-27)23-40(33(21-25-10-3-1-4-11-25)35(43)39-28-14-7-8-15-28)34(42)24-41(29-18-19-32(38)31(37)22-29)46(44,45)30-16-5-2-6-17-30/h1-6,9-13,16-20,22,28,33H,7-8,14-15,21,23-24H2,(H,39,43)/t33-/m1/s1. The van der Waals surface area contributed by atoms with Gasteiger partial charge >= 0.3 is 0 Å². The average Bonchev–Trinajstić information content (AvgIpc) is 3.56. The van der Waals surface area contributed by atoms with E-state index < -0.39 is 34.3 Å². The SMILES string of the molecule is O=C(NC1CCCC1)[C@@H](Cc1ccccc1)N(Cc1cccc(Cl)c1)C(=O)CN(c1ccc(F)c(Cl)c1)S(=O)(=O)c1ccccc1. The van der Waals surface area contributed by atoms with Gasteiger partial charge in [0.25, 0.3) is 10.0 Å². The normalized spacial score (nSPS) is 14.1. The van der Waals surface area contributed by atoms with Crippen LogP contribution in [0.1, 0.15) is 36.8 Å². The third-order valence-corrected chi connectivity index (χ3v) is 10.3. The fourth-order valence-corrected chi connectivity index (χ4v) is 7.46. The van der Waals surface area contributed by atoms with Crippen molar-refractivity contribution in [3.8, 4) is 0 Å². The first kappa shape index (κ1) is 33.4. The van der Waals surface area contributed by atoms with Crippen LogP contribution in [0.4, 0.5) is 10.1 Å². The highest BCUT2D eigenvalue weighted by Gasteiger charge is 2.35. The van der Waals surface area contributed by atoms with E-state index in [9.17, 15) is 22.4 Å². The zero-order valence-electron chi connectivity index (χ0n) is 25.0. The lowest BCUT2D eigenvalue weighted by Crippen LogP contribution is -2.54. The highest BCUT2D eigenvalue weighted by atomic mass is 35.5. The average molecular weight is 683 g/mol. The van der Waals surface area contributed by atoms with Gasteiger partial charge in [-0.05, 0) is 66.4 Å². The minimum Gasteiger partial charge on any atom is -0.352 e. The molecule has 0 heterocycles. The quantitative estimate of drug-likeness (QED) is 0.174. The van der Waals surface area contributed by atoms with Crippen LogP contribution < -0.4 is 9.62 Å². The summed E-state index contributed by atoms with van der Waals surface area (Å²) in [4.78, 5) is 29.9. The maximum atomic E-state index is 14.5. The highest BCUT2D eigenvalue weighted by Crippen LogP contribution is 2.29. The number of halogens is 3. The summed E-state index contributed by atoms with van der Waals surface area (Å²) in [6.45, 7) is -0.694. The number of nitrogens with zero attached hydrogens (tertiary/aromatic N) is 2. The van der Waals surface area contributed by atoms with Crippen LogP contribution >= 0.6 is 23.2 Å². The lowest BCUT2D eigenvalue weighted by molar-refractivity contribution is -0.140. The summed E-state index contributed by atoms with van der Waals surface area (Å²) in [7, 11) is -4.33. The van der Waals surface area contributed by atoms with Crippen LogP contribution in [0.5, 0.6) is 0 Å². The number of sulfonamides is 1. The Kier molecular flexibility index (Phi) is 11.0. The maximum Gasteiger partial charge on any atom is 0.264 e. The van der Waals surface area contributed by atoms with E-state index in [2.05, 4.69) is 5.32 Å². The molecule has 0 spiro atoms. The van der Waals surface area contributed by atoms with Gasteiger partial charge in [-0.1, -0.05) is 96.7 Å². The first-order chi connectivity index (χ1) is 22.1. The Morgan fingerprint density at radius 1 is 0.848 bits per heavy atom. The topological polar surface area (TPSA) is 86.8 Å². The molecule has 1 saturated carbocycles. The molecule has 4 aromatic rings. The maximum absolute atomic E-state index is 14.5. The van der Waals surface area contributed by atoms with E-state index in [1.54, 1.807) is 42.5 Å². The van der Waals surface area contributed by atoms with E-state index in [0.717, 1.165) is 41.6 Å². The molecule has 0 radical (unpaired) electrons. The molecule has 7 nitrogen and oxygen atoms in total. The van der Waals surface area contributed by atoms with Gasteiger partial charge in [-0.2, -0.15) is 0 Å². The minimum absolute atomic E-state index is 0.00123. The second-order valence-corrected chi connectivity index (χ2v) is 14.0. The van der Waals surface area contributed by atoms with Crippen molar-refractivity contribution >= 4 is 50.7 Å². The molecule has 46 heavy (non-hydrogen) atoms. The van der Waals surface area contributed by atoms with Crippen molar-refractivity contribution in [2.24, 2.45) is 0 Å². The molecule has 11 heteroatoms. The van der Waals surface area contributed by atoms with Crippen molar-refractivity contribution in [2.75, 3.05) is 10.8 Å². The predicted molar refractivity (Wildman–Crippen MR) is 179 cm³/mol. The Hall–Kier alpha value is -3.92. The fourth-order valence-electron chi connectivity index (χ4n) is 5.64. The molecular formula is C35H34Cl2FN3O4S. The summed E-state index contributed by atoms with van der Waals surface area (Å²) >= 11 is 12.4. The number of carbonyl (C=O) groups is 2. The predicted octanol–water partition coefficient (Wildman–Crippen LogP) is 7.03. The largest absolute Gasteiger partial charge is 0.352 e. The third-order valence-electron chi connectivity index (χ3n) is 8.02. The number of carbonyl (C=O) groups excluding carboxylic acids is 2. The molecule has 0 unspecified atom stereocenters. The smallest absolute Gasteiger partial charge is 0.264 e. The first-order valence-corrected chi connectivity index (χ1v) is 17.2. The van der Waals surface area contributed by atoms with E-state index in [1.807, 2.05) is 30.3 Å². The Balaban J connectivity index is 1.57. The van der Waals surface area contributed by atoms with E-state index >= 15 is 0 Å². The zero-order valence-corrected chi connectivity index (χ0v) is 27.3. The fraction of sp³-hybridized carbons (Fsp3) is 0.257. The van der Waals surface area contributed by atoms with Crippen molar-refractivity contribution in [1.29, 1.82) is 0 Å². The summed E-state index contributed by atoms with van der Waals surface area (Å²) in [5, 5.41) is 3.29. The number of benzene rings is 4. The molecule has 1 fully saturated rings. The molecule has 240 valence electrons. The van der Waals surface area contributed by atoms with Crippen molar-refractivity contribution in [3.05, 3.63) is 130 Å². The lowest BCUT2D eigenvalue weighted by Gasteiger charge is -2.34. The molecule has 1 aliphatic carbocycles. The van der Waals surface area contributed by atoms with E-state index in [0.29, 0.717) is 10.6 Å². The monoisotopic (exact) mass is 681 g/mol. The van der Waals surface area contributed by atoms with Gasteiger partial charge in [-0.3, -0.25) is 13.9 Å². The molecule has 1 atom stereocenters. The second kappa shape index (κ2) is 15.1. The van der Waals surface area contributed by atoms with Gasteiger partial charge < -0.3 is 10.2 Å². The summed E-state index contributed by atoms with van der Waals surface area (Å²) < 4.78 is 43.2. The number of hydrogen-bond acceptors (Lipinski definition) is 4. The first-order valence-electron chi connectivity index (χ1n) is 15.0. The van der Waals surface area contributed by atoms with Gasteiger partial charge in [0.15, 0.2) is 0 Å². The van der Waals surface area contributed by atoms with Crippen LogP contribution in [-0.2, 0) is 32.6 Å². The van der Waals surface area contributed by atoms with Crippen LogP contribution in [0.2, 0.25) is 10.0 Å². The molecular weight excluding hydrogens is 648 g/mol. The summed E-state index contributed by atoms with van der Waals surface area (Å²) in [6, 6.07) is 26.4. The number of hydrogen-bond donors (Lipinski definition) is 1. The number of amides is 2. The van der Waals surface area contributed by atoms with Gasteiger partial charge in [0.2, 0.25) is 11.8 Å². The molecule has 2 amide bonds. The molecule has 4 aromatic carbocycles. The number of rotatable bonds is 12. The third kappa shape index (κ3) is 8.26. The highest BCUT2D eigenvalue weighted by molar-refractivity contribution is 7.92. The molecule has 5 rings (SSSR count). The van der Waals surface area contributed by atoms with Crippen LogP contribution in [0, 0.1) is 5.82 Å². The van der Waals surface area contributed by atoms with Crippen LogP contribution in [0.3, 0.4) is 0 Å². The van der Waals surface area contributed by atoms with Crippen LogP contribution in [0.15, 0.2) is 108 Å².